The van der Waals surface area contributed by atoms with Gasteiger partial charge < -0.3 is 15.0 Å². The second kappa shape index (κ2) is 4.74. The third kappa shape index (κ3) is 2.50. The predicted molar refractivity (Wildman–Crippen MR) is 63.4 cm³/mol. The smallest absolute Gasteiger partial charge is 0.147 e. The Morgan fingerprint density at radius 2 is 2.24 bits per heavy atom. The van der Waals surface area contributed by atoms with Gasteiger partial charge in [-0.3, -0.25) is 0 Å². The molecule has 0 saturated heterocycles. The molecule has 0 spiro atoms. The lowest BCUT2D eigenvalue weighted by Gasteiger charge is -2.15. The van der Waals surface area contributed by atoms with Gasteiger partial charge in [0.1, 0.15) is 11.6 Å². The Hall–Kier alpha value is -0.940. The van der Waals surface area contributed by atoms with Crippen LogP contribution in [0.2, 0.25) is 0 Å². The molecule has 1 saturated carbocycles. The summed E-state index contributed by atoms with van der Waals surface area (Å²) in [7, 11) is 0. The van der Waals surface area contributed by atoms with Crippen LogP contribution in [0.5, 0.6) is 0 Å². The second-order valence-corrected chi connectivity index (χ2v) is 5.18. The van der Waals surface area contributed by atoms with Crippen LogP contribution >= 0.6 is 0 Å². The molecule has 5 nitrogen and oxygen atoms in total. The number of fused-ring (bicyclic) bond motifs is 1. The lowest BCUT2D eigenvalue weighted by atomic mass is 10.2. The molecule has 17 heavy (non-hydrogen) atoms. The highest BCUT2D eigenvalue weighted by Gasteiger charge is 2.29. The van der Waals surface area contributed by atoms with Crippen LogP contribution in [-0.2, 0) is 19.5 Å². The first kappa shape index (κ1) is 11.2. The van der Waals surface area contributed by atoms with E-state index in [2.05, 4.69) is 20.1 Å². The summed E-state index contributed by atoms with van der Waals surface area (Å²) in [5.41, 5.74) is 0. The van der Waals surface area contributed by atoms with Gasteiger partial charge in [-0.2, -0.15) is 0 Å². The van der Waals surface area contributed by atoms with Crippen LogP contribution in [0.15, 0.2) is 0 Å². The number of nitrogens with zero attached hydrogens (tertiary/aromatic N) is 3. The molecule has 2 N–H and O–H groups in total. The molecule has 1 aliphatic heterocycles. The molecule has 1 atom stereocenters. The molecule has 5 heteroatoms. The van der Waals surface area contributed by atoms with Gasteiger partial charge in [-0.05, 0) is 31.6 Å². The fourth-order valence-corrected chi connectivity index (χ4v) is 2.48. The molecular weight excluding hydrogens is 216 g/mol. The number of aliphatic hydroxyl groups is 1. The van der Waals surface area contributed by atoms with Crippen molar-refractivity contribution in [1.82, 2.24) is 20.1 Å². The summed E-state index contributed by atoms with van der Waals surface area (Å²) in [5, 5.41) is 21.5. The van der Waals surface area contributed by atoms with E-state index >= 15 is 0 Å². The van der Waals surface area contributed by atoms with E-state index < -0.39 is 0 Å². The first-order valence-electron chi connectivity index (χ1n) is 6.64. The van der Waals surface area contributed by atoms with E-state index in [4.69, 9.17) is 0 Å². The molecule has 0 radical (unpaired) electrons. The maximum atomic E-state index is 9.75. The highest BCUT2D eigenvalue weighted by Crippen LogP contribution is 2.32. The van der Waals surface area contributed by atoms with Crippen LogP contribution < -0.4 is 5.32 Å². The summed E-state index contributed by atoms with van der Waals surface area (Å²) < 4.78 is 2.22. The average molecular weight is 236 g/mol. The van der Waals surface area contributed by atoms with E-state index in [1.54, 1.807) is 0 Å². The van der Waals surface area contributed by atoms with E-state index in [1.165, 1.54) is 25.7 Å². The van der Waals surface area contributed by atoms with Crippen LogP contribution in [0.25, 0.3) is 0 Å². The van der Waals surface area contributed by atoms with Gasteiger partial charge in [0.05, 0.1) is 12.6 Å². The van der Waals surface area contributed by atoms with Crippen molar-refractivity contribution in [2.75, 3.05) is 6.54 Å². The van der Waals surface area contributed by atoms with Crippen LogP contribution in [0.4, 0.5) is 0 Å². The monoisotopic (exact) mass is 236 g/mol. The average Bonchev–Trinajstić information content (AvgIpc) is 3.12. The van der Waals surface area contributed by atoms with Crippen LogP contribution in [-0.4, -0.2) is 32.5 Å². The number of aryl methyl sites for hydroxylation is 1. The summed E-state index contributed by atoms with van der Waals surface area (Å²) in [6.45, 7) is 2.44. The van der Waals surface area contributed by atoms with Crippen molar-refractivity contribution in [1.29, 1.82) is 0 Å². The third-order valence-electron chi connectivity index (χ3n) is 3.74. The molecule has 1 aromatic heterocycles. The van der Waals surface area contributed by atoms with E-state index in [1.807, 2.05) is 0 Å². The number of aromatic nitrogens is 3. The highest BCUT2D eigenvalue weighted by molar-refractivity contribution is 4.98. The van der Waals surface area contributed by atoms with E-state index in [-0.39, 0.29) is 6.10 Å². The van der Waals surface area contributed by atoms with Crippen molar-refractivity contribution >= 4 is 0 Å². The molecule has 94 valence electrons. The van der Waals surface area contributed by atoms with Crippen molar-refractivity contribution < 1.29 is 5.11 Å². The van der Waals surface area contributed by atoms with E-state index in [0.717, 1.165) is 31.2 Å². The molecule has 1 unspecified atom stereocenters. The van der Waals surface area contributed by atoms with Gasteiger partial charge in [-0.25, -0.2) is 0 Å². The summed E-state index contributed by atoms with van der Waals surface area (Å²) in [6.07, 6.45) is 5.69. The molecule has 1 fully saturated rings. The van der Waals surface area contributed by atoms with Crippen molar-refractivity contribution in [2.45, 2.75) is 51.3 Å². The van der Waals surface area contributed by atoms with Crippen molar-refractivity contribution in [2.24, 2.45) is 5.92 Å². The largest absolute Gasteiger partial charge is 0.392 e. The van der Waals surface area contributed by atoms with Gasteiger partial charge in [-0.1, -0.05) is 0 Å². The first-order chi connectivity index (χ1) is 8.34. The number of rotatable bonds is 5. The summed E-state index contributed by atoms with van der Waals surface area (Å²) in [4.78, 5) is 0. The van der Waals surface area contributed by atoms with Crippen molar-refractivity contribution in [3.63, 3.8) is 0 Å². The van der Waals surface area contributed by atoms with Crippen LogP contribution in [0.3, 0.4) is 0 Å². The molecular formula is C12H20N4O. The van der Waals surface area contributed by atoms with Gasteiger partial charge in [0, 0.05) is 19.5 Å². The minimum atomic E-state index is -0.182. The number of aliphatic hydroxyl groups excluding tert-OH is 1. The maximum absolute atomic E-state index is 9.75. The van der Waals surface area contributed by atoms with Crippen molar-refractivity contribution in [3.05, 3.63) is 11.6 Å². The Morgan fingerprint density at radius 1 is 1.35 bits per heavy atom. The zero-order valence-corrected chi connectivity index (χ0v) is 10.1. The Kier molecular flexibility index (Phi) is 3.11. The van der Waals surface area contributed by atoms with Gasteiger partial charge in [0.15, 0.2) is 0 Å². The summed E-state index contributed by atoms with van der Waals surface area (Å²) >= 11 is 0. The topological polar surface area (TPSA) is 63.0 Å². The maximum Gasteiger partial charge on any atom is 0.147 e. The quantitative estimate of drug-likeness (QED) is 0.780. The standard InChI is InChI=1S/C12H20N4O/c17-10(9-4-5-9)7-13-8-12-15-14-11-3-1-2-6-16(11)12/h9-10,13,17H,1-8H2. The lowest BCUT2D eigenvalue weighted by Crippen LogP contribution is -2.29. The molecule has 2 heterocycles. The molecule has 2 aliphatic rings. The third-order valence-corrected chi connectivity index (χ3v) is 3.74. The number of hydrogen-bond donors (Lipinski definition) is 2. The molecule has 0 aromatic carbocycles. The Morgan fingerprint density at radius 3 is 3.06 bits per heavy atom. The second-order valence-electron chi connectivity index (χ2n) is 5.18. The SMILES string of the molecule is OC(CNCc1nnc2n1CCCC2)C1CC1. The Bertz CT molecular complexity index is 386. The summed E-state index contributed by atoms with van der Waals surface area (Å²) in [5.74, 6) is 2.67. The van der Waals surface area contributed by atoms with Gasteiger partial charge >= 0.3 is 0 Å². The fourth-order valence-electron chi connectivity index (χ4n) is 2.48. The molecule has 0 amide bonds. The van der Waals surface area contributed by atoms with Crippen LogP contribution in [0.1, 0.15) is 37.3 Å². The lowest BCUT2D eigenvalue weighted by molar-refractivity contribution is 0.148. The van der Waals surface area contributed by atoms with Gasteiger partial charge in [-0.15, -0.1) is 10.2 Å². The van der Waals surface area contributed by atoms with Crippen molar-refractivity contribution in [3.8, 4) is 0 Å². The molecule has 1 aromatic rings. The molecule has 0 bridgehead atoms. The van der Waals surface area contributed by atoms with E-state index in [9.17, 15) is 5.11 Å². The number of nitrogens with one attached hydrogen (secondary N) is 1. The summed E-state index contributed by atoms with van der Waals surface area (Å²) in [6, 6.07) is 0. The minimum Gasteiger partial charge on any atom is -0.392 e. The van der Waals surface area contributed by atoms with E-state index in [0.29, 0.717) is 12.5 Å². The Labute approximate surface area is 101 Å². The van der Waals surface area contributed by atoms with Gasteiger partial charge in [0.25, 0.3) is 0 Å². The molecule has 1 aliphatic carbocycles. The minimum absolute atomic E-state index is 0.182. The zero-order chi connectivity index (χ0) is 11.7. The first-order valence-corrected chi connectivity index (χ1v) is 6.64. The number of hydrogen-bond acceptors (Lipinski definition) is 4. The normalized spacial score (nSPS) is 21.2. The Balaban J connectivity index is 1.52. The van der Waals surface area contributed by atoms with Crippen LogP contribution in [0, 0.1) is 5.92 Å². The van der Waals surface area contributed by atoms with Gasteiger partial charge in [0.2, 0.25) is 0 Å². The predicted octanol–water partition coefficient (Wildman–Crippen LogP) is 0.475. The highest BCUT2D eigenvalue weighted by atomic mass is 16.3. The zero-order valence-electron chi connectivity index (χ0n) is 10.1. The fraction of sp³-hybridized carbons (Fsp3) is 0.833. The molecule has 3 rings (SSSR count).